The van der Waals surface area contributed by atoms with Crippen LogP contribution in [0.3, 0.4) is 0 Å². The summed E-state index contributed by atoms with van der Waals surface area (Å²) < 4.78 is 1.72. The molecule has 1 heterocycles. The molecule has 1 aromatic heterocycles. The summed E-state index contributed by atoms with van der Waals surface area (Å²) in [5, 5.41) is 14.0. The maximum absolute atomic E-state index is 11.1. The molecule has 0 radical (unpaired) electrons. The first-order chi connectivity index (χ1) is 8.90. The number of nitrogens with zero attached hydrogens (tertiary/aromatic N) is 2. The average Bonchev–Trinajstić information content (AvgIpc) is 2.71. The standard InChI is InChI=1S/C14H15ClN2O2/c1-8(2)13-11(7-17(3)16-13)10-6-9(14(18)19)4-5-12(10)15/h4-8H,1-3H3,(H,18,19). The van der Waals surface area contributed by atoms with Crippen molar-refractivity contribution in [2.75, 3.05) is 0 Å². The number of hydrogen-bond donors (Lipinski definition) is 1. The lowest BCUT2D eigenvalue weighted by Gasteiger charge is -2.08. The molecule has 0 bridgehead atoms. The number of carboxylic acids is 1. The topological polar surface area (TPSA) is 55.1 Å². The molecular formula is C14H15ClN2O2. The van der Waals surface area contributed by atoms with Crippen LogP contribution in [-0.4, -0.2) is 20.9 Å². The van der Waals surface area contributed by atoms with Crippen LogP contribution in [0.4, 0.5) is 0 Å². The SMILES string of the molecule is CC(C)c1nn(C)cc1-c1cc(C(=O)O)ccc1Cl. The molecule has 2 aromatic rings. The van der Waals surface area contributed by atoms with Crippen LogP contribution < -0.4 is 0 Å². The fourth-order valence-electron chi connectivity index (χ4n) is 2.00. The molecule has 0 saturated heterocycles. The Bertz CT molecular complexity index is 632. The predicted molar refractivity (Wildman–Crippen MR) is 74.7 cm³/mol. The molecule has 0 fully saturated rings. The minimum atomic E-state index is -0.965. The second-order valence-corrected chi connectivity index (χ2v) is 5.16. The molecule has 0 unspecified atom stereocenters. The van der Waals surface area contributed by atoms with E-state index in [1.807, 2.05) is 27.1 Å². The Morgan fingerprint density at radius 1 is 1.37 bits per heavy atom. The van der Waals surface area contributed by atoms with Gasteiger partial charge in [0.25, 0.3) is 0 Å². The first-order valence-electron chi connectivity index (χ1n) is 5.97. The van der Waals surface area contributed by atoms with Crippen LogP contribution in [0.25, 0.3) is 11.1 Å². The summed E-state index contributed by atoms with van der Waals surface area (Å²) in [5.74, 6) is -0.728. The molecule has 19 heavy (non-hydrogen) atoms. The van der Waals surface area contributed by atoms with Gasteiger partial charge >= 0.3 is 5.97 Å². The third-order valence-electron chi connectivity index (χ3n) is 2.91. The van der Waals surface area contributed by atoms with Gasteiger partial charge in [0, 0.05) is 29.4 Å². The number of aryl methyl sites for hydroxylation is 1. The van der Waals surface area contributed by atoms with Crippen LogP contribution >= 0.6 is 11.6 Å². The highest BCUT2D eigenvalue weighted by molar-refractivity contribution is 6.33. The van der Waals surface area contributed by atoms with Crippen molar-refractivity contribution in [3.05, 3.63) is 40.7 Å². The monoisotopic (exact) mass is 278 g/mol. The van der Waals surface area contributed by atoms with Crippen molar-refractivity contribution in [3.8, 4) is 11.1 Å². The number of halogens is 1. The summed E-state index contributed by atoms with van der Waals surface area (Å²) in [6.07, 6.45) is 1.86. The van der Waals surface area contributed by atoms with Crippen molar-refractivity contribution >= 4 is 17.6 Å². The zero-order valence-electron chi connectivity index (χ0n) is 11.0. The second kappa shape index (κ2) is 5.05. The van der Waals surface area contributed by atoms with Crippen LogP contribution in [0.2, 0.25) is 5.02 Å². The Balaban J connectivity index is 2.64. The van der Waals surface area contributed by atoms with Gasteiger partial charge in [-0.1, -0.05) is 25.4 Å². The molecule has 5 heteroatoms. The van der Waals surface area contributed by atoms with Crippen molar-refractivity contribution in [2.45, 2.75) is 19.8 Å². The van der Waals surface area contributed by atoms with E-state index in [1.165, 1.54) is 6.07 Å². The summed E-state index contributed by atoms with van der Waals surface area (Å²) in [6, 6.07) is 4.70. The molecule has 0 atom stereocenters. The number of rotatable bonds is 3. The van der Waals surface area contributed by atoms with Gasteiger partial charge in [0.1, 0.15) is 0 Å². The average molecular weight is 279 g/mol. The van der Waals surface area contributed by atoms with Crippen molar-refractivity contribution in [1.82, 2.24) is 9.78 Å². The third-order valence-corrected chi connectivity index (χ3v) is 3.24. The van der Waals surface area contributed by atoms with E-state index in [1.54, 1.807) is 16.8 Å². The third kappa shape index (κ3) is 2.63. The van der Waals surface area contributed by atoms with Crippen LogP contribution in [0.5, 0.6) is 0 Å². The lowest BCUT2D eigenvalue weighted by atomic mass is 9.98. The van der Waals surface area contributed by atoms with Gasteiger partial charge in [0.15, 0.2) is 0 Å². The maximum Gasteiger partial charge on any atom is 0.335 e. The Kier molecular flexibility index (Phi) is 3.62. The number of aromatic nitrogens is 2. The van der Waals surface area contributed by atoms with Crippen LogP contribution in [-0.2, 0) is 7.05 Å². The van der Waals surface area contributed by atoms with E-state index >= 15 is 0 Å². The highest BCUT2D eigenvalue weighted by Gasteiger charge is 2.17. The van der Waals surface area contributed by atoms with Crippen molar-refractivity contribution < 1.29 is 9.90 Å². The number of carbonyl (C=O) groups is 1. The van der Waals surface area contributed by atoms with E-state index < -0.39 is 5.97 Å². The molecule has 0 aliphatic heterocycles. The van der Waals surface area contributed by atoms with Crippen LogP contribution in [0.15, 0.2) is 24.4 Å². The molecule has 0 aliphatic carbocycles. The van der Waals surface area contributed by atoms with Gasteiger partial charge in [-0.3, -0.25) is 4.68 Å². The van der Waals surface area contributed by atoms with Crippen molar-refractivity contribution in [3.63, 3.8) is 0 Å². The summed E-state index contributed by atoms with van der Waals surface area (Å²) >= 11 is 6.19. The summed E-state index contributed by atoms with van der Waals surface area (Å²) in [7, 11) is 1.84. The number of hydrogen-bond acceptors (Lipinski definition) is 2. The van der Waals surface area contributed by atoms with E-state index in [9.17, 15) is 4.79 Å². The van der Waals surface area contributed by atoms with E-state index in [0.29, 0.717) is 10.6 Å². The Labute approximate surface area is 116 Å². The molecule has 100 valence electrons. The Hall–Kier alpha value is -1.81. The molecule has 0 saturated carbocycles. The van der Waals surface area contributed by atoms with E-state index in [0.717, 1.165) is 11.3 Å². The number of carboxylic acid groups (broad SMARTS) is 1. The summed E-state index contributed by atoms with van der Waals surface area (Å²) in [6.45, 7) is 4.08. The van der Waals surface area contributed by atoms with Crippen LogP contribution in [0.1, 0.15) is 35.8 Å². The number of aromatic carboxylic acids is 1. The molecule has 1 aromatic carbocycles. The molecule has 4 nitrogen and oxygen atoms in total. The smallest absolute Gasteiger partial charge is 0.335 e. The van der Waals surface area contributed by atoms with E-state index in [2.05, 4.69) is 5.10 Å². The summed E-state index contributed by atoms with van der Waals surface area (Å²) in [5.41, 5.74) is 2.72. The molecule has 0 spiro atoms. The highest BCUT2D eigenvalue weighted by atomic mass is 35.5. The molecule has 0 amide bonds. The molecule has 0 aliphatic rings. The van der Waals surface area contributed by atoms with E-state index in [-0.39, 0.29) is 11.5 Å². The van der Waals surface area contributed by atoms with Crippen molar-refractivity contribution in [1.29, 1.82) is 0 Å². The first-order valence-corrected chi connectivity index (χ1v) is 6.34. The molecule has 2 rings (SSSR count). The highest BCUT2D eigenvalue weighted by Crippen LogP contribution is 2.33. The minimum absolute atomic E-state index is 0.220. The van der Waals surface area contributed by atoms with Gasteiger partial charge in [0.2, 0.25) is 0 Å². The largest absolute Gasteiger partial charge is 0.478 e. The van der Waals surface area contributed by atoms with Gasteiger partial charge in [-0.25, -0.2) is 4.79 Å². The normalized spacial score (nSPS) is 11.0. The van der Waals surface area contributed by atoms with Crippen molar-refractivity contribution in [2.24, 2.45) is 7.05 Å². The van der Waals surface area contributed by atoms with Gasteiger partial charge in [-0.15, -0.1) is 0 Å². The Morgan fingerprint density at radius 2 is 2.05 bits per heavy atom. The van der Waals surface area contributed by atoms with Gasteiger partial charge in [-0.05, 0) is 24.1 Å². The molecular weight excluding hydrogens is 264 g/mol. The second-order valence-electron chi connectivity index (χ2n) is 4.76. The fourth-order valence-corrected chi connectivity index (χ4v) is 2.22. The summed E-state index contributed by atoms with van der Waals surface area (Å²) in [4.78, 5) is 11.1. The van der Waals surface area contributed by atoms with Gasteiger partial charge in [0.05, 0.1) is 11.3 Å². The number of benzene rings is 1. The van der Waals surface area contributed by atoms with E-state index in [4.69, 9.17) is 16.7 Å². The maximum atomic E-state index is 11.1. The fraction of sp³-hybridized carbons (Fsp3) is 0.286. The minimum Gasteiger partial charge on any atom is -0.478 e. The quantitative estimate of drug-likeness (QED) is 0.934. The lowest BCUT2D eigenvalue weighted by molar-refractivity contribution is 0.0697. The predicted octanol–water partition coefficient (Wildman–Crippen LogP) is 3.56. The van der Waals surface area contributed by atoms with Gasteiger partial charge < -0.3 is 5.11 Å². The lowest BCUT2D eigenvalue weighted by Crippen LogP contribution is -1.97. The van der Waals surface area contributed by atoms with Crippen LogP contribution in [0, 0.1) is 0 Å². The zero-order chi connectivity index (χ0) is 14.2. The zero-order valence-corrected chi connectivity index (χ0v) is 11.8. The Morgan fingerprint density at radius 3 is 2.63 bits per heavy atom. The molecule has 1 N–H and O–H groups in total. The first kappa shape index (κ1) is 13.6. The van der Waals surface area contributed by atoms with Gasteiger partial charge in [-0.2, -0.15) is 5.10 Å².